The van der Waals surface area contributed by atoms with Crippen molar-refractivity contribution in [2.45, 2.75) is 67.2 Å². The molecule has 0 aliphatic heterocycles. The van der Waals surface area contributed by atoms with Crippen LogP contribution in [0, 0.1) is 10.8 Å². The first-order valence-electron chi connectivity index (χ1n) is 6.37. The van der Waals surface area contributed by atoms with Crippen molar-refractivity contribution in [2.75, 3.05) is 6.54 Å². The second-order valence-electron chi connectivity index (χ2n) is 7.11. The molecule has 0 radical (unpaired) electrons. The highest BCUT2D eigenvalue weighted by molar-refractivity contribution is 5.76. The molecule has 16 heavy (non-hydrogen) atoms. The first-order chi connectivity index (χ1) is 7.10. The van der Waals surface area contributed by atoms with Gasteiger partial charge < -0.3 is 5.32 Å². The zero-order valence-electron chi connectivity index (χ0n) is 11.9. The summed E-state index contributed by atoms with van der Waals surface area (Å²) in [6.45, 7) is 13.9. The summed E-state index contributed by atoms with van der Waals surface area (Å²) in [5, 5.41) is 2.99. The zero-order valence-corrected chi connectivity index (χ0v) is 11.9. The molecule has 0 aliphatic carbocycles. The quantitative estimate of drug-likeness (QED) is 0.712. The smallest absolute Gasteiger partial charge is 0.220 e. The minimum atomic E-state index is 0.0928. The Morgan fingerprint density at radius 3 is 1.94 bits per heavy atom. The number of hydrogen-bond donors (Lipinski definition) is 1. The van der Waals surface area contributed by atoms with Gasteiger partial charge in [0.25, 0.3) is 0 Å². The van der Waals surface area contributed by atoms with Crippen LogP contribution in [0.4, 0.5) is 0 Å². The Balaban J connectivity index is 3.50. The Bertz CT molecular complexity index is 208. The number of rotatable bonds is 5. The average Bonchev–Trinajstić information content (AvgIpc) is 1.97. The lowest BCUT2D eigenvalue weighted by Gasteiger charge is -2.19. The standard InChI is InChI=1S/C14H29NO/c1-13(2,3)9-7-8-10-15-12(16)11-14(4,5)6/h7-11H2,1-6H3,(H,15,16). The summed E-state index contributed by atoms with van der Waals surface area (Å²) in [4.78, 5) is 11.5. The molecule has 1 N–H and O–H groups in total. The second kappa shape index (κ2) is 6.27. The molecule has 2 nitrogen and oxygen atoms in total. The third kappa shape index (κ3) is 11.5. The van der Waals surface area contributed by atoms with Gasteiger partial charge in [-0.2, -0.15) is 0 Å². The molecule has 0 aromatic carbocycles. The van der Waals surface area contributed by atoms with Crippen molar-refractivity contribution in [3.8, 4) is 0 Å². The van der Waals surface area contributed by atoms with E-state index < -0.39 is 0 Å². The molecule has 0 aromatic heterocycles. The summed E-state index contributed by atoms with van der Waals surface area (Å²) in [5.74, 6) is 0.184. The Morgan fingerprint density at radius 1 is 0.938 bits per heavy atom. The highest BCUT2D eigenvalue weighted by Gasteiger charge is 2.15. The van der Waals surface area contributed by atoms with E-state index in [0.717, 1.165) is 13.0 Å². The van der Waals surface area contributed by atoms with E-state index in [-0.39, 0.29) is 11.3 Å². The van der Waals surface area contributed by atoms with Gasteiger partial charge in [0, 0.05) is 13.0 Å². The zero-order chi connectivity index (χ0) is 12.8. The average molecular weight is 227 g/mol. The van der Waals surface area contributed by atoms with Crippen LogP contribution in [0.5, 0.6) is 0 Å². The van der Waals surface area contributed by atoms with Crippen LogP contribution in [0.1, 0.15) is 67.2 Å². The van der Waals surface area contributed by atoms with Gasteiger partial charge in [-0.1, -0.05) is 48.0 Å². The molecule has 0 heterocycles. The maximum Gasteiger partial charge on any atom is 0.220 e. The molecule has 0 aromatic rings. The lowest BCUT2D eigenvalue weighted by molar-refractivity contribution is -0.122. The predicted octanol–water partition coefficient (Wildman–Crippen LogP) is 3.76. The molecule has 1 amide bonds. The highest BCUT2D eigenvalue weighted by Crippen LogP contribution is 2.21. The minimum Gasteiger partial charge on any atom is -0.356 e. The largest absolute Gasteiger partial charge is 0.356 e. The molecule has 0 atom stereocenters. The van der Waals surface area contributed by atoms with E-state index in [9.17, 15) is 4.79 Å². The van der Waals surface area contributed by atoms with Crippen molar-refractivity contribution in [1.29, 1.82) is 0 Å². The van der Waals surface area contributed by atoms with Crippen LogP contribution in [0.3, 0.4) is 0 Å². The van der Waals surface area contributed by atoms with Crippen LogP contribution in [0.25, 0.3) is 0 Å². The lowest BCUT2D eigenvalue weighted by Crippen LogP contribution is -2.28. The van der Waals surface area contributed by atoms with E-state index in [4.69, 9.17) is 0 Å². The summed E-state index contributed by atoms with van der Waals surface area (Å²) < 4.78 is 0. The van der Waals surface area contributed by atoms with Gasteiger partial charge in [0.15, 0.2) is 0 Å². The van der Waals surface area contributed by atoms with Crippen LogP contribution in [0.2, 0.25) is 0 Å². The van der Waals surface area contributed by atoms with Crippen molar-refractivity contribution in [3.63, 3.8) is 0 Å². The van der Waals surface area contributed by atoms with E-state index in [0.29, 0.717) is 11.8 Å². The van der Waals surface area contributed by atoms with Gasteiger partial charge in [-0.05, 0) is 23.7 Å². The molecule has 0 rings (SSSR count). The van der Waals surface area contributed by atoms with Gasteiger partial charge in [-0.15, -0.1) is 0 Å². The van der Waals surface area contributed by atoms with E-state index in [1.54, 1.807) is 0 Å². The Morgan fingerprint density at radius 2 is 1.50 bits per heavy atom. The summed E-state index contributed by atoms with van der Waals surface area (Å²) >= 11 is 0. The highest BCUT2D eigenvalue weighted by atomic mass is 16.1. The van der Waals surface area contributed by atoms with Crippen molar-refractivity contribution in [2.24, 2.45) is 10.8 Å². The fourth-order valence-corrected chi connectivity index (χ4v) is 1.55. The van der Waals surface area contributed by atoms with Crippen molar-refractivity contribution >= 4 is 5.91 Å². The molecular formula is C14H29NO. The second-order valence-corrected chi connectivity index (χ2v) is 7.11. The molecular weight excluding hydrogens is 198 g/mol. The lowest BCUT2D eigenvalue weighted by atomic mass is 9.90. The number of carbonyl (C=O) groups is 1. The fraction of sp³-hybridized carbons (Fsp3) is 0.929. The third-order valence-corrected chi connectivity index (χ3v) is 2.37. The van der Waals surface area contributed by atoms with Crippen LogP contribution >= 0.6 is 0 Å². The van der Waals surface area contributed by atoms with Crippen LogP contribution in [-0.2, 0) is 4.79 Å². The molecule has 0 spiro atoms. The van der Waals surface area contributed by atoms with Crippen LogP contribution < -0.4 is 5.32 Å². The Hall–Kier alpha value is -0.530. The van der Waals surface area contributed by atoms with Gasteiger partial charge >= 0.3 is 0 Å². The van der Waals surface area contributed by atoms with Gasteiger partial charge in [0.05, 0.1) is 0 Å². The predicted molar refractivity (Wildman–Crippen MR) is 70.4 cm³/mol. The van der Waals surface area contributed by atoms with Crippen molar-refractivity contribution < 1.29 is 4.79 Å². The molecule has 0 saturated carbocycles. The van der Waals surface area contributed by atoms with Crippen LogP contribution in [0.15, 0.2) is 0 Å². The third-order valence-electron chi connectivity index (χ3n) is 2.37. The van der Waals surface area contributed by atoms with Gasteiger partial charge in [0.2, 0.25) is 5.91 Å². The monoisotopic (exact) mass is 227 g/mol. The van der Waals surface area contributed by atoms with E-state index in [1.165, 1.54) is 12.8 Å². The molecule has 96 valence electrons. The van der Waals surface area contributed by atoms with E-state index in [1.807, 2.05) is 0 Å². The number of nitrogens with one attached hydrogen (secondary N) is 1. The topological polar surface area (TPSA) is 29.1 Å². The Kier molecular flexibility index (Phi) is 6.06. The van der Waals surface area contributed by atoms with Gasteiger partial charge in [0.1, 0.15) is 0 Å². The maximum atomic E-state index is 11.5. The fourth-order valence-electron chi connectivity index (χ4n) is 1.55. The maximum absolute atomic E-state index is 11.5. The van der Waals surface area contributed by atoms with Crippen molar-refractivity contribution in [1.82, 2.24) is 5.32 Å². The summed E-state index contributed by atoms with van der Waals surface area (Å²) in [6.07, 6.45) is 4.13. The molecule has 0 fully saturated rings. The number of unbranched alkanes of at least 4 members (excludes halogenated alkanes) is 1. The first-order valence-corrected chi connectivity index (χ1v) is 6.37. The molecule has 0 aliphatic rings. The molecule has 2 heteroatoms. The molecule has 0 bridgehead atoms. The SMILES string of the molecule is CC(C)(C)CCCCNC(=O)CC(C)(C)C. The van der Waals surface area contributed by atoms with E-state index >= 15 is 0 Å². The summed E-state index contributed by atoms with van der Waals surface area (Å²) in [7, 11) is 0. The molecule has 0 saturated heterocycles. The van der Waals surface area contributed by atoms with Crippen molar-refractivity contribution in [3.05, 3.63) is 0 Å². The minimum absolute atomic E-state index is 0.0928. The summed E-state index contributed by atoms with van der Waals surface area (Å²) in [6, 6.07) is 0. The van der Waals surface area contributed by atoms with E-state index in [2.05, 4.69) is 46.9 Å². The molecule has 0 unspecified atom stereocenters. The first kappa shape index (κ1) is 15.5. The van der Waals surface area contributed by atoms with Gasteiger partial charge in [-0.25, -0.2) is 0 Å². The Labute approximate surface area is 101 Å². The van der Waals surface area contributed by atoms with Gasteiger partial charge in [-0.3, -0.25) is 4.79 Å². The number of amides is 1. The number of hydrogen-bond acceptors (Lipinski definition) is 1. The number of carbonyl (C=O) groups excluding carboxylic acids is 1. The normalized spacial score (nSPS) is 12.6. The van der Waals surface area contributed by atoms with Crippen LogP contribution in [-0.4, -0.2) is 12.5 Å². The summed E-state index contributed by atoms with van der Waals surface area (Å²) in [5.41, 5.74) is 0.505.